The molecule has 0 unspecified atom stereocenters. The highest BCUT2D eigenvalue weighted by molar-refractivity contribution is 5.88. The number of carbonyl (C=O) groups excluding carboxylic acids is 1. The van der Waals surface area contributed by atoms with E-state index >= 15 is 0 Å². The molecule has 3 rings (SSSR count). The first-order valence-electron chi connectivity index (χ1n) is 10.5. The largest absolute Gasteiger partial charge is 0.493 e. The van der Waals surface area contributed by atoms with Crippen LogP contribution >= 0.6 is 0 Å². The fourth-order valence-corrected chi connectivity index (χ4v) is 4.30. The summed E-state index contributed by atoms with van der Waals surface area (Å²) in [6.45, 7) is 0. The first-order chi connectivity index (χ1) is 16.3. The molecule has 2 aromatic rings. The number of methoxy groups -OCH3 is 6. The molecule has 34 heavy (non-hydrogen) atoms. The van der Waals surface area contributed by atoms with Crippen molar-refractivity contribution in [2.75, 3.05) is 42.7 Å². The molecule has 1 amide bonds. The number of ether oxygens (including phenoxy) is 6. The Labute approximate surface area is 197 Å². The lowest BCUT2D eigenvalue weighted by Crippen LogP contribution is -2.41. The van der Waals surface area contributed by atoms with Crippen molar-refractivity contribution in [3.05, 3.63) is 35.4 Å². The maximum atomic E-state index is 13.0. The Kier molecular flexibility index (Phi) is 7.60. The summed E-state index contributed by atoms with van der Waals surface area (Å²) in [6.07, 6.45) is 0.307. The van der Waals surface area contributed by atoms with E-state index in [0.717, 1.165) is 0 Å². The van der Waals surface area contributed by atoms with Gasteiger partial charge in [-0.25, -0.2) is 4.79 Å². The third-order valence-corrected chi connectivity index (χ3v) is 5.82. The van der Waals surface area contributed by atoms with E-state index in [4.69, 9.17) is 28.4 Å². The Morgan fingerprint density at radius 1 is 0.794 bits per heavy atom. The fraction of sp³-hybridized carbons (Fsp3) is 0.417. The second kappa shape index (κ2) is 10.4. The number of carboxylic acids is 1. The maximum Gasteiger partial charge on any atom is 0.326 e. The number of benzene rings is 2. The van der Waals surface area contributed by atoms with Crippen molar-refractivity contribution in [2.24, 2.45) is 0 Å². The van der Waals surface area contributed by atoms with Crippen LogP contribution in [0.4, 0.5) is 0 Å². The van der Waals surface area contributed by atoms with Gasteiger partial charge in [-0.05, 0) is 41.8 Å². The lowest BCUT2D eigenvalue weighted by atomic mass is 9.94. The highest BCUT2D eigenvalue weighted by atomic mass is 16.5. The molecule has 1 heterocycles. The summed E-state index contributed by atoms with van der Waals surface area (Å²) in [5.74, 6) is 0.844. The molecule has 1 atom stereocenters. The van der Waals surface area contributed by atoms with Gasteiger partial charge in [0.05, 0.1) is 48.7 Å². The summed E-state index contributed by atoms with van der Waals surface area (Å²) < 4.78 is 32.9. The smallest absolute Gasteiger partial charge is 0.326 e. The van der Waals surface area contributed by atoms with Crippen LogP contribution in [0, 0.1) is 0 Å². The van der Waals surface area contributed by atoms with Crippen LogP contribution in [-0.4, -0.2) is 70.6 Å². The molecule has 184 valence electrons. The highest BCUT2D eigenvalue weighted by Gasteiger charge is 2.42. The van der Waals surface area contributed by atoms with Gasteiger partial charge in [0, 0.05) is 6.42 Å². The Bertz CT molecular complexity index is 955. The number of hydrogen-bond donors (Lipinski definition) is 1. The van der Waals surface area contributed by atoms with Crippen LogP contribution in [0.3, 0.4) is 0 Å². The monoisotopic (exact) mass is 475 g/mol. The van der Waals surface area contributed by atoms with Gasteiger partial charge < -0.3 is 38.4 Å². The van der Waals surface area contributed by atoms with E-state index in [2.05, 4.69) is 0 Å². The number of nitrogens with zero attached hydrogens (tertiary/aromatic N) is 1. The van der Waals surface area contributed by atoms with E-state index in [9.17, 15) is 14.7 Å². The van der Waals surface area contributed by atoms with Gasteiger partial charge >= 0.3 is 5.97 Å². The SMILES string of the molecule is COc1cc(C(c2cc(OC)c(OC)c(OC)c2)N2C(=O)CC[C@@H]2C(=O)O)cc(OC)c1OC. The summed E-state index contributed by atoms with van der Waals surface area (Å²) >= 11 is 0. The topological polar surface area (TPSA) is 113 Å². The molecule has 0 aliphatic carbocycles. The maximum absolute atomic E-state index is 13.0. The van der Waals surface area contributed by atoms with Gasteiger partial charge in [0.25, 0.3) is 0 Å². The van der Waals surface area contributed by atoms with Crippen molar-refractivity contribution in [3.8, 4) is 34.5 Å². The normalized spacial score (nSPS) is 15.3. The molecule has 0 bridgehead atoms. The molecule has 1 aliphatic heterocycles. The van der Waals surface area contributed by atoms with Crippen molar-refractivity contribution in [1.82, 2.24) is 4.90 Å². The number of likely N-dealkylation sites (tertiary alicyclic amines) is 1. The number of carboxylic acid groups (broad SMARTS) is 1. The molecule has 0 spiro atoms. The Hall–Kier alpha value is -3.82. The molecular weight excluding hydrogens is 446 g/mol. The van der Waals surface area contributed by atoms with Crippen LogP contribution in [0.15, 0.2) is 24.3 Å². The van der Waals surface area contributed by atoms with Gasteiger partial charge in [-0.2, -0.15) is 0 Å². The van der Waals surface area contributed by atoms with Crippen molar-refractivity contribution in [1.29, 1.82) is 0 Å². The van der Waals surface area contributed by atoms with Crippen molar-refractivity contribution >= 4 is 11.9 Å². The molecule has 2 aromatic carbocycles. The van der Waals surface area contributed by atoms with Crippen LogP contribution in [0.2, 0.25) is 0 Å². The number of carbonyl (C=O) groups is 2. The second-order valence-electron chi connectivity index (χ2n) is 7.51. The van der Waals surface area contributed by atoms with Gasteiger partial charge in [-0.3, -0.25) is 4.79 Å². The van der Waals surface area contributed by atoms with Crippen molar-refractivity contribution < 1.29 is 43.1 Å². The zero-order valence-electron chi connectivity index (χ0n) is 20.0. The van der Waals surface area contributed by atoms with Gasteiger partial charge in [0.1, 0.15) is 6.04 Å². The number of aliphatic carboxylic acids is 1. The minimum Gasteiger partial charge on any atom is -0.493 e. The van der Waals surface area contributed by atoms with Crippen LogP contribution < -0.4 is 28.4 Å². The first-order valence-corrected chi connectivity index (χ1v) is 10.5. The zero-order chi connectivity index (χ0) is 25.0. The van der Waals surface area contributed by atoms with Gasteiger partial charge in [-0.1, -0.05) is 0 Å². The standard InChI is InChI=1S/C24H29NO9/c1-29-16-9-13(10-17(30-2)22(16)33-5)21(25-15(24(27)28)7-8-20(25)26)14-11-18(31-3)23(34-6)19(12-14)32-4/h9-12,15,21H,7-8H2,1-6H3,(H,27,28)/t15-/m1/s1. The van der Waals surface area contributed by atoms with Crippen LogP contribution in [0.5, 0.6) is 34.5 Å². The lowest BCUT2D eigenvalue weighted by Gasteiger charge is -2.33. The first kappa shape index (κ1) is 24.8. The average molecular weight is 475 g/mol. The fourth-order valence-electron chi connectivity index (χ4n) is 4.30. The third-order valence-electron chi connectivity index (χ3n) is 5.82. The molecule has 1 aliphatic rings. The van der Waals surface area contributed by atoms with E-state index in [0.29, 0.717) is 45.6 Å². The Morgan fingerprint density at radius 2 is 1.18 bits per heavy atom. The number of amides is 1. The minimum atomic E-state index is -1.09. The summed E-state index contributed by atoms with van der Waals surface area (Å²) in [5, 5.41) is 9.88. The molecule has 0 aromatic heterocycles. The van der Waals surface area contributed by atoms with Gasteiger partial charge in [0.2, 0.25) is 17.4 Å². The van der Waals surface area contributed by atoms with Crippen molar-refractivity contribution in [2.45, 2.75) is 24.9 Å². The van der Waals surface area contributed by atoms with E-state index in [-0.39, 0.29) is 18.7 Å². The zero-order valence-corrected chi connectivity index (χ0v) is 20.0. The molecule has 1 saturated heterocycles. The highest BCUT2D eigenvalue weighted by Crippen LogP contribution is 2.47. The van der Waals surface area contributed by atoms with Crippen LogP contribution in [-0.2, 0) is 9.59 Å². The van der Waals surface area contributed by atoms with Crippen molar-refractivity contribution in [3.63, 3.8) is 0 Å². The molecule has 10 heteroatoms. The van der Waals surface area contributed by atoms with E-state index in [1.807, 2.05) is 0 Å². The van der Waals surface area contributed by atoms with E-state index in [1.54, 1.807) is 24.3 Å². The van der Waals surface area contributed by atoms with Gasteiger partial charge in [0.15, 0.2) is 23.0 Å². The average Bonchev–Trinajstić information content (AvgIpc) is 3.23. The molecule has 0 saturated carbocycles. The lowest BCUT2D eigenvalue weighted by molar-refractivity contribution is -0.147. The molecule has 1 fully saturated rings. The summed E-state index contributed by atoms with van der Waals surface area (Å²) in [5.41, 5.74) is 1.12. The predicted molar refractivity (Wildman–Crippen MR) is 122 cm³/mol. The number of rotatable bonds is 10. The van der Waals surface area contributed by atoms with Gasteiger partial charge in [-0.15, -0.1) is 0 Å². The van der Waals surface area contributed by atoms with E-state index in [1.165, 1.54) is 47.6 Å². The van der Waals surface area contributed by atoms with Crippen LogP contribution in [0.25, 0.3) is 0 Å². The molecule has 10 nitrogen and oxygen atoms in total. The minimum absolute atomic E-state index is 0.113. The molecule has 0 radical (unpaired) electrons. The summed E-state index contributed by atoms with van der Waals surface area (Å²) in [7, 11) is 8.91. The molecule has 1 N–H and O–H groups in total. The van der Waals surface area contributed by atoms with E-state index < -0.39 is 18.1 Å². The Balaban J connectivity index is 2.34. The third kappa shape index (κ3) is 4.35. The van der Waals surface area contributed by atoms with Crippen LogP contribution in [0.1, 0.15) is 30.0 Å². The quantitative estimate of drug-likeness (QED) is 0.554. The second-order valence-corrected chi connectivity index (χ2v) is 7.51. The summed E-state index contributed by atoms with van der Waals surface area (Å²) in [4.78, 5) is 26.5. The summed E-state index contributed by atoms with van der Waals surface area (Å²) in [6, 6.07) is 4.94. The molecular formula is C24H29NO9. The Morgan fingerprint density at radius 3 is 1.47 bits per heavy atom. The number of hydrogen-bond acceptors (Lipinski definition) is 8. The predicted octanol–water partition coefficient (Wildman–Crippen LogP) is 2.90.